The molecule has 1 nitrogen and oxygen atoms in total. The molecule has 9 heavy (non-hydrogen) atoms. The van der Waals surface area contributed by atoms with Crippen LogP contribution in [0.4, 0.5) is 0 Å². The molecule has 54 valence electrons. The summed E-state index contributed by atoms with van der Waals surface area (Å²) in [6.07, 6.45) is 2.74. The van der Waals surface area contributed by atoms with Gasteiger partial charge < -0.3 is 4.90 Å². The zero-order chi connectivity index (χ0) is 6.69. The lowest BCUT2D eigenvalue weighted by Gasteiger charge is -2.06. The molecular weight excluding hydrogens is 110 g/mol. The quantitative estimate of drug-likeness (QED) is 0.520. The van der Waals surface area contributed by atoms with Gasteiger partial charge in [-0.2, -0.15) is 0 Å². The van der Waals surface area contributed by atoms with Gasteiger partial charge in [-0.1, -0.05) is 20.3 Å². The van der Waals surface area contributed by atoms with Gasteiger partial charge >= 0.3 is 0 Å². The van der Waals surface area contributed by atoms with Gasteiger partial charge in [0, 0.05) is 13.1 Å². The predicted molar refractivity (Wildman–Crippen MR) is 40.5 cm³/mol. The summed E-state index contributed by atoms with van der Waals surface area (Å²) < 4.78 is 0. The van der Waals surface area contributed by atoms with Crippen LogP contribution in [-0.2, 0) is 0 Å². The minimum absolute atomic E-state index is 0.936. The van der Waals surface area contributed by atoms with Gasteiger partial charge in [-0.15, -0.1) is 0 Å². The summed E-state index contributed by atoms with van der Waals surface area (Å²) in [6.45, 7) is 8.66. The van der Waals surface area contributed by atoms with E-state index in [2.05, 4.69) is 18.7 Å². The Balaban J connectivity index is 1.90. The lowest BCUT2D eigenvalue weighted by molar-refractivity contribution is 0.436. The van der Waals surface area contributed by atoms with E-state index in [1.54, 1.807) is 0 Å². The molecule has 0 amide bonds. The van der Waals surface area contributed by atoms with E-state index < -0.39 is 0 Å². The Labute approximate surface area is 58.0 Å². The van der Waals surface area contributed by atoms with Gasteiger partial charge in [0.05, 0.1) is 0 Å². The Hall–Kier alpha value is -0.0400. The van der Waals surface area contributed by atoms with Crippen LogP contribution in [0.25, 0.3) is 0 Å². The summed E-state index contributed by atoms with van der Waals surface area (Å²) in [5.41, 5.74) is 0. The molecule has 0 saturated carbocycles. The van der Waals surface area contributed by atoms with Crippen LogP contribution in [0.5, 0.6) is 0 Å². The molecule has 0 aliphatic carbocycles. The fourth-order valence-corrected chi connectivity index (χ4v) is 0.901. The third-order valence-corrected chi connectivity index (χ3v) is 2.17. The van der Waals surface area contributed by atoms with Crippen molar-refractivity contribution < 1.29 is 0 Å². The Morgan fingerprint density at radius 3 is 2.56 bits per heavy atom. The highest BCUT2D eigenvalue weighted by Gasteiger charge is 2.16. The molecule has 0 aromatic rings. The van der Waals surface area contributed by atoms with Crippen LogP contribution >= 0.6 is 0 Å². The molecule has 1 rings (SSSR count). The average Bonchev–Trinajstić information content (AvgIpc) is 2.65. The first kappa shape index (κ1) is 7.07. The largest absolute Gasteiger partial charge is 0.301 e. The Morgan fingerprint density at radius 1 is 1.44 bits per heavy atom. The fourth-order valence-electron chi connectivity index (χ4n) is 0.901. The van der Waals surface area contributed by atoms with E-state index in [4.69, 9.17) is 0 Å². The second-order valence-corrected chi connectivity index (χ2v) is 3.14. The standard InChI is InChI=1S/C8H17N/c1-3-8(2)4-5-9-6-7-9/h8H,3-7H2,1-2H3. The summed E-state index contributed by atoms with van der Waals surface area (Å²) in [5, 5.41) is 0. The zero-order valence-corrected chi connectivity index (χ0v) is 6.56. The van der Waals surface area contributed by atoms with E-state index in [1.807, 2.05) is 0 Å². The topological polar surface area (TPSA) is 3.01 Å². The van der Waals surface area contributed by atoms with Crippen LogP contribution in [0.3, 0.4) is 0 Å². The second-order valence-electron chi connectivity index (χ2n) is 3.14. The number of nitrogens with zero attached hydrogens (tertiary/aromatic N) is 1. The highest BCUT2D eigenvalue weighted by molar-refractivity contribution is 4.72. The van der Waals surface area contributed by atoms with Gasteiger partial charge in [-0.25, -0.2) is 0 Å². The van der Waals surface area contributed by atoms with Crippen LogP contribution in [0.1, 0.15) is 26.7 Å². The summed E-state index contributed by atoms with van der Waals surface area (Å²) in [7, 11) is 0. The van der Waals surface area contributed by atoms with Crippen molar-refractivity contribution in [3.63, 3.8) is 0 Å². The number of hydrogen-bond donors (Lipinski definition) is 0. The molecule has 1 unspecified atom stereocenters. The first-order valence-corrected chi connectivity index (χ1v) is 4.05. The molecule has 1 heterocycles. The summed E-state index contributed by atoms with van der Waals surface area (Å²) in [6, 6.07) is 0. The van der Waals surface area contributed by atoms with Crippen molar-refractivity contribution in [3.8, 4) is 0 Å². The minimum Gasteiger partial charge on any atom is -0.301 e. The second kappa shape index (κ2) is 3.21. The van der Waals surface area contributed by atoms with E-state index in [0.717, 1.165) is 5.92 Å². The van der Waals surface area contributed by atoms with Gasteiger partial charge in [0.1, 0.15) is 0 Å². The molecule has 1 fully saturated rings. The molecule has 1 heteroatoms. The van der Waals surface area contributed by atoms with Crippen molar-refractivity contribution in [1.29, 1.82) is 0 Å². The molecule has 0 spiro atoms. The molecule has 0 N–H and O–H groups in total. The molecule has 0 aromatic carbocycles. The minimum atomic E-state index is 0.936. The maximum Gasteiger partial charge on any atom is 0.0110 e. The number of hydrogen-bond acceptors (Lipinski definition) is 1. The van der Waals surface area contributed by atoms with Crippen molar-refractivity contribution in [2.45, 2.75) is 26.7 Å². The summed E-state index contributed by atoms with van der Waals surface area (Å²) in [5.74, 6) is 0.936. The molecular formula is C8H17N. The van der Waals surface area contributed by atoms with E-state index in [9.17, 15) is 0 Å². The maximum absolute atomic E-state index is 2.49. The Kier molecular flexibility index (Phi) is 2.52. The van der Waals surface area contributed by atoms with E-state index in [0.29, 0.717) is 0 Å². The van der Waals surface area contributed by atoms with Crippen LogP contribution in [0, 0.1) is 5.92 Å². The SMILES string of the molecule is CCC(C)CCN1CC1. The lowest BCUT2D eigenvalue weighted by atomic mass is 10.1. The normalized spacial score (nSPS) is 22.0. The van der Waals surface area contributed by atoms with Gasteiger partial charge in [0.25, 0.3) is 0 Å². The first-order chi connectivity index (χ1) is 4.33. The summed E-state index contributed by atoms with van der Waals surface area (Å²) >= 11 is 0. The van der Waals surface area contributed by atoms with Crippen LogP contribution in [0.2, 0.25) is 0 Å². The van der Waals surface area contributed by atoms with Crippen molar-refractivity contribution in [1.82, 2.24) is 4.90 Å². The first-order valence-electron chi connectivity index (χ1n) is 4.05. The lowest BCUT2D eigenvalue weighted by Crippen LogP contribution is -2.04. The molecule has 1 aliphatic heterocycles. The third kappa shape index (κ3) is 2.85. The maximum atomic E-state index is 2.49. The molecule has 0 aromatic heterocycles. The Bertz CT molecular complexity index is 76.6. The monoisotopic (exact) mass is 127 g/mol. The van der Waals surface area contributed by atoms with Crippen LogP contribution in [-0.4, -0.2) is 24.5 Å². The van der Waals surface area contributed by atoms with Crippen molar-refractivity contribution >= 4 is 0 Å². The smallest absolute Gasteiger partial charge is 0.0110 e. The molecule has 1 saturated heterocycles. The Morgan fingerprint density at radius 2 is 2.11 bits per heavy atom. The van der Waals surface area contributed by atoms with Gasteiger partial charge in [0.15, 0.2) is 0 Å². The average molecular weight is 127 g/mol. The van der Waals surface area contributed by atoms with E-state index in [-0.39, 0.29) is 0 Å². The predicted octanol–water partition coefficient (Wildman–Crippen LogP) is 1.74. The zero-order valence-electron chi connectivity index (χ0n) is 6.56. The highest BCUT2D eigenvalue weighted by Crippen LogP contribution is 2.11. The van der Waals surface area contributed by atoms with Crippen molar-refractivity contribution in [3.05, 3.63) is 0 Å². The van der Waals surface area contributed by atoms with E-state index >= 15 is 0 Å². The van der Waals surface area contributed by atoms with Crippen molar-refractivity contribution in [2.75, 3.05) is 19.6 Å². The highest BCUT2D eigenvalue weighted by atomic mass is 15.2. The van der Waals surface area contributed by atoms with Gasteiger partial charge in [0.2, 0.25) is 0 Å². The third-order valence-electron chi connectivity index (χ3n) is 2.17. The van der Waals surface area contributed by atoms with Crippen LogP contribution in [0.15, 0.2) is 0 Å². The van der Waals surface area contributed by atoms with Crippen molar-refractivity contribution in [2.24, 2.45) is 5.92 Å². The number of rotatable bonds is 4. The van der Waals surface area contributed by atoms with Crippen LogP contribution < -0.4 is 0 Å². The van der Waals surface area contributed by atoms with Gasteiger partial charge in [-0.3, -0.25) is 0 Å². The van der Waals surface area contributed by atoms with E-state index in [1.165, 1.54) is 32.5 Å². The summed E-state index contributed by atoms with van der Waals surface area (Å²) in [4.78, 5) is 2.49. The van der Waals surface area contributed by atoms with Gasteiger partial charge in [-0.05, 0) is 18.9 Å². The molecule has 0 radical (unpaired) electrons. The molecule has 1 aliphatic rings. The fraction of sp³-hybridized carbons (Fsp3) is 1.00. The molecule has 1 atom stereocenters. The molecule has 0 bridgehead atoms.